The minimum atomic E-state index is -0.330. The molecule has 0 aromatic carbocycles. The van der Waals surface area contributed by atoms with Gasteiger partial charge >= 0.3 is 0 Å². The average molecular weight is 201 g/mol. The van der Waals surface area contributed by atoms with Crippen LogP contribution in [-0.2, 0) is 4.79 Å². The van der Waals surface area contributed by atoms with Crippen molar-refractivity contribution in [3.63, 3.8) is 0 Å². The molecular weight excluding hydrogens is 182 g/mol. The van der Waals surface area contributed by atoms with Crippen molar-refractivity contribution in [2.75, 3.05) is 6.54 Å². The van der Waals surface area contributed by atoms with Crippen molar-refractivity contribution in [1.29, 1.82) is 0 Å². The van der Waals surface area contributed by atoms with Gasteiger partial charge in [0.15, 0.2) is 0 Å². The van der Waals surface area contributed by atoms with Crippen LogP contribution in [0.1, 0.15) is 27.7 Å². The van der Waals surface area contributed by atoms with Crippen LogP contribution in [0.2, 0.25) is 0 Å². The number of hydrogen-bond donors (Lipinski definition) is 0. The van der Waals surface area contributed by atoms with Gasteiger partial charge in [-0.25, -0.2) is 0 Å². The molecule has 0 aliphatic heterocycles. The fraction of sp³-hybridized carbons (Fsp3) is 0.900. The lowest BCUT2D eigenvalue weighted by molar-refractivity contribution is -0.491. The molecule has 0 rings (SSSR count). The highest BCUT2D eigenvalue weighted by atomic mass is 16.6. The fourth-order valence-corrected chi connectivity index (χ4v) is 1.70. The zero-order valence-corrected chi connectivity index (χ0v) is 9.27. The molecule has 0 aromatic heterocycles. The lowest BCUT2D eigenvalue weighted by Crippen LogP contribution is -2.31. The third kappa shape index (κ3) is 3.85. The molecule has 0 heterocycles. The topological polar surface area (TPSA) is 60.2 Å². The van der Waals surface area contributed by atoms with Gasteiger partial charge in [-0.1, -0.05) is 27.7 Å². The van der Waals surface area contributed by atoms with Crippen LogP contribution in [0, 0.1) is 33.8 Å². The summed E-state index contributed by atoms with van der Waals surface area (Å²) in [7, 11) is 0. The third-order valence-corrected chi connectivity index (χ3v) is 2.64. The number of aldehydes is 1. The number of carbonyl (C=O) groups excluding carboxylic acids is 1. The molecule has 0 saturated carbocycles. The molecule has 0 fully saturated rings. The second kappa shape index (κ2) is 5.73. The van der Waals surface area contributed by atoms with Crippen molar-refractivity contribution in [2.24, 2.45) is 23.7 Å². The summed E-state index contributed by atoms with van der Waals surface area (Å²) in [6.07, 6.45) is 0.860. The zero-order chi connectivity index (χ0) is 11.3. The first-order valence-electron chi connectivity index (χ1n) is 4.97. The summed E-state index contributed by atoms with van der Waals surface area (Å²) >= 11 is 0. The molecule has 4 nitrogen and oxygen atoms in total. The van der Waals surface area contributed by atoms with Crippen LogP contribution in [0.15, 0.2) is 0 Å². The number of hydrogen-bond acceptors (Lipinski definition) is 3. The van der Waals surface area contributed by atoms with E-state index in [0.717, 1.165) is 6.29 Å². The van der Waals surface area contributed by atoms with Gasteiger partial charge in [0.25, 0.3) is 0 Å². The Balaban J connectivity index is 4.60. The molecule has 0 amide bonds. The predicted octanol–water partition coefficient (Wildman–Crippen LogP) is 2.01. The Morgan fingerprint density at radius 1 is 1.21 bits per heavy atom. The maximum absolute atomic E-state index is 10.9. The van der Waals surface area contributed by atoms with E-state index in [4.69, 9.17) is 0 Å². The van der Waals surface area contributed by atoms with Crippen molar-refractivity contribution in [2.45, 2.75) is 27.7 Å². The number of rotatable bonds is 6. The van der Waals surface area contributed by atoms with Crippen molar-refractivity contribution in [3.05, 3.63) is 10.1 Å². The van der Waals surface area contributed by atoms with Gasteiger partial charge in [0.1, 0.15) is 6.29 Å². The van der Waals surface area contributed by atoms with E-state index in [2.05, 4.69) is 0 Å². The smallest absolute Gasteiger partial charge is 0.207 e. The van der Waals surface area contributed by atoms with E-state index < -0.39 is 0 Å². The van der Waals surface area contributed by atoms with E-state index in [1.54, 1.807) is 0 Å². The monoisotopic (exact) mass is 201 g/mol. The quantitative estimate of drug-likeness (QED) is 0.375. The average Bonchev–Trinajstić information content (AvgIpc) is 2.02. The van der Waals surface area contributed by atoms with Gasteiger partial charge in [0.2, 0.25) is 6.54 Å². The summed E-state index contributed by atoms with van der Waals surface area (Å²) in [4.78, 5) is 21.0. The molecule has 0 aliphatic carbocycles. The third-order valence-electron chi connectivity index (χ3n) is 2.64. The normalized spacial score (nSPS) is 15.6. The summed E-state index contributed by atoms with van der Waals surface area (Å²) in [5.74, 6) is -0.0271. The maximum Gasteiger partial charge on any atom is 0.207 e. The van der Waals surface area contributed by atoms with Crippen LogP contribution in [0.3, 0.4) is 0 Å². The lowest BCUT2D eigenvalue weighted by atomic mass is 9.78. The van der Waals surface area contributed by atoms with E-state index >= 15 is 0 Å². The summed E-state index contributed by atoms with van der Waals surface area (Å²) in [6, 6.07) is 0. The van der Waals surface area contributed by atoms with Gasteiger partial charge in [0.05, 0.1) is 0 Å². The Bertz CT molecular complexity index is 202. The first-order chi connectivity index (χ1) is 6.40. The molecule has 0 aliphatic rings. The van der Waals surface area contributed by atoms with Gasteiger partial charge < -0.3 is 4.79 Å². The lowest BCUT2D eigenvalue weighted by Gasteiger charge is -2.25. The molecule has 0 bridgehead atoms. The first-order valence-corrected chi connectivity index (χ1v) is 4.97. The van der Waals surface area contributed by atoms with E-state index in [1.165, 1.54) is 0 Å². The number of nitrogens with zero attached hydrogens (tertiary/aromatic N) is 1. The van der Waals surface area contributed by atoms with Crippen LogP contribution in [0.4, 0.5) is 0 Å². The van der Waals surface area contributed by atoms with Crippen molar-refractivity contribution >= 4 is 6.29 Å². The summed E-state index contributed by atoms with van der Waals surface area (Å²) in [5, 5.41) is 10.4. The molecule has 0 radical (unpaired) electrons. The first kappa shape index (κ1) is 13.1. The molecule has 0 N–H and O–H groups in total. The Hall–Kier alpha value is -0.930. The van der Waals surface area contributed by atoms with E-state index in [0.29, 0.717) is 0 Å². The highest BCUT2D eigenvalue weighted by molar-refractivity contribution is 5.54. The second-order valence-corrected chi connectivity index (χ2v) is 4.38. The number of nitro groups is 1. The molecule has 0 aromatic rings. The standard InChI is InChI=1S/C10H19NO3/c1-7(2)9(5-11(13)14)10(6-12)8(3)4/h6-10H,5H2,1-4H3/t9-,10-/m1/s1. The number of carbonyl (C=O) groups is 1. The Labute approximate surface area is 84.8 Å². The van der Waals surface area contributed by atoms with Crippen molar-refractivity contribution in [3.8, 4) is 0 Å². The molecular formula is C10H19NO3. The highest BCUT2D eigenvalue weighted by Crippen LogP contribution is 2.25. The minimum absolute atomic E-state index is 0.112. The van der Waals surface area contributed by atoms with Crippen LogP contribution >= 0.6 is 0 Å². The zero-order valence-electron chi connectivity index (χ0n) is 9.27. The minimum Gasteiger partial charge on any atom is -0.303 e. The molecule has 14 heavy (non-hydrogen) atoms. The van der Waals surface area contributed by atoms with Crippen LogP contribution in [-0.4, -0.2) is 17.8 Å². The predicted molar refractivity (Wildman–Crippen MR) is 54.6 cm³/mol. The molecule has 2 atom stereocenters. The van der Waals surface area contributed by atoms with E-state index in [-0.39, 0.29) is 35.1 Å². The maximum atomic E-state index is 10.9. The van der Waals surface area contributed by atoms with Crippen LogP contribution < -0.4 is 0 Å². The highest BCUT2D eigenvalue weighted by Gasteiger charge is 2.30. The molecule has 0 unspecified atom stereocenters. The fourth-order valence-electron chi connectivity index (χ4n) is 1.70. The second-order valence-electron chi connectivity index (χ2n) is 4.38. The van der Waals surface area contributed by atoms with E-state index in [9.17, 15) is 14.9 Å². The molecule has 82 valence electrons. The largest absolute Gasteiger partial charge is 0.303 e. The molecule has 4 heteroatoms. The van der Waals surface area contributed by atoms with Gasteiger partial charge in [-0.2, -0.15) is 0 Å². The molecule has 0 spiro atoms. The summed E-state index contributed by atoms with van der Waals surface area (Å²) in [6.45, 7) is 7.59. The molecule has 0 saturated heterocycles. The van der Waals surface area contributed by atoms with Crippen LogP contribution in [0.5, 0.6) is 0 Å². The van der Waals surface area contributed by atoms with Gasteiger partial charge in [-0.05, 0) is 11.8 Å². The van der Waals surface area contributed by atoms with Crippen molar-refractivity contribution in [1.82, 2.24) is 0 Å². The van der Waals surface area contributed by atoms with E-state index in [1.807, 2.05) is 27.7 Å². The van der Waals surface area contributed by atoms with Gasteiger partial charge in [0, 0.05) is 16.8 Å². The SMILES string of the molecule is CC(C)[C@@H](C=O)[C@H](C[N+](=O)[O-])C(C)C. The summed E-state index contributed by atoms with van der Waals surface area (Å²) < 4.78 is 0. The van der Waals surface area contributed by atoms with Crippen molar-refractivity contribution < 1.29 is 9.72 Å². The van der Waals surface area contributed by atoms with Gasteiger partial charge in [-0.15, -0.1) is 0 Å². The Morgan fingerprint density at radius 2 is 1.71 bits per heavy atom. The summed E-state index contributed by atoms with van der Waals surface area (Å²) in [5.41, 5.74) is 0. The Morgan fingerprint density at radius 3 is 1.93 bits per heavy atom. The van der Waals surface area contributed by atoms with Crippen LogP contribution in [0.25, 0.3) is 0 Å². The van der Waals surface area contributed by atoms with Gasteiger partial charge in [-0.3, -0.25) is 10.1 Å². The Kier molecular flexibility index (Phi) is 5.35.